The van der Waals surface area contributed by atoms with E-state index in [-0.39, 0.29) is 11.7 Å². The third kappa shape index (κ3) is 3.91. The van der Waals surface area contributed by atoms with Crippen molar-refractivity contribution in [3.8, 4) is 17.1 Å². The van der Waals surface area contributed by atoms with Crippen LogP contribution in [0.4, 0.5) is 10.2 Å². The topological polar surface area (TPSA) is 97.3 Å². The number of amides is 1. The van der Waals surface area contributed by atoms with Crippen molar-refractivity contribution in [2.45, 2.75) is 6.92 Å². The lowest BCUT2D eigenvalue weighted by atomic mass is 10.2. The quantitative estimate of drug-likeness (QED) is 0.383. The highest BCUT2D eigenvalue weighted by Gasteiger charge is 2.27. The minimum absolute atomic E-state index is 0.00646. The van der Waals surface area contributed by atoms with E-state index >= 15 is 0 Å². The fourth-order valence-electron chi connectivity index (χ4n) is 4.15. The summed E-state index contributed by atoms with van der Waals surface area (Å²) in [6, 6.07) is 8.11. The molecule has 35 heavy (non-hydrogen) atoms. The maximum atomic E-state index is 13.3. The average Bonchev–Trinajstić information content (AvgIpc) is 3.63. The van der Waals surface area contributed by atoms with Gasteiger partial charge in [-0.15, -0.1) is 0 Å². The lowest BCUT2D eigenvalue weighted by Crippen LogP contribution is -2.49. The number of carbonyl (C=O) groups excluding carboxylic acids is 1. The van der Waals surface area contributed by atoms with Gasteiger partial charge in [0.15, 0.2) is 10.8 Å². The van der Waals surface area contributed by atoms with E-state index in [0.29, 0.717) is 36.9 Å². The van der Waals surface area contributed by atoms with Gasteiger partial charge >= 0.3 is 0 Å². The predicted octanol–water partition coefficient (Wildman–Crippen LogP) is 2.84. The maximum absolute atomic E-state index is 13.3. The Hall–Kier alpha value is -4.19. The van der Waals surface area contributed by atoms with E-state index < -0.39 is 0 Å². The van der Waals surface area contributed by atoms with Gasteiger partial charge in [-0.25, -0.2) is 29.0 Å². The number of hydrogen-bond donors (Lipinski definition) is 0. The molecule has 0 atom stereocenters. The molecule has 176 valence electrons. The zero-order chi connectivity index (χ0) is 23.9. The first-order chi connectivity index (χ1) is 17.1. The Morgan fingerprint density at radius 2 is 1.80 bits per heavy atom. The largest absolute Gasteiger partial charge is 0.353 e. The number of nitrogens with zero attached hydrogens (tertiary/aromatic N) is 9. The summed E-state index contributed by atoms with van der Waals surface area (Å²) < 4.78 is 16.8. The van der Waals surface area contributed by atoms with Crippen molar-refractivity contribution in [2.75, 3.05) is 31.1 Å². The van der Waals surface area contributed by atoms with Crippen LogP contribution in [0.15, 0.2) is 55.5 Å². The van der Waals surface area contributed by atoms with Crippen molar-refractivity contribution in [3.05, 3.63) is 71.9 Å². The molecule has 0 saturated carbocycles. The van der Waals surface area contributed by atoms with E-state index in [4.69, 9.17) is 0 Å². The molecule has 1 aliphatic heterocycles. The van der Waals surface area contributed by atoms with E-state index in [1.54, 1.807) is 23.1 Å². The van der Waals surface area contributed by atoms with Gasteiger partial charge < -0.3 is 9.80 Å². The number of halogens is 1. The molecule has 0 bridgehead atoms. The van der Waals surface area contributed by atoms with Gasteiger partial charge in [-0.1, -0.05) is 11.3 Å². The van der Waals surface area contributed by atoms with Crippen LogP contribution >= 0.6 is 11.3 Å². The van der Waals surface area contributed by atoms with Crippen molar-refractivity contribution in [2.24, 2.45) is 0 Å². The van der Waals surface area contributed by atoms with E-state index in [9.17, 15) is 9.18 Å². The Balaban J connectivity index is 1.16. The van der Waals surface area contributed by atoms with Crippen LogP contribution in [0.25, 0.3) is 22.0 Å². The predicted molar refractivity (Wildman–Crippen MR) is 128 cm³/mol. The van der Waals surface area contributed by atoms with Crippen LogP contribution in [0.2, 0.25) is 0 Å². The third-order valence-corrected chi connectivity index (χ3v) is 7.22. The van der Waals surface area contributed by atoms with Gasteiger partial charge in [-0.2, -0.15) is 5.10 Å². The van der Waals surface area contributed by atoms with E-state index in [1.165, 1.54) is 36.1 Å². The molecule has 0 radical (unpaired) electrons. The molecule has 4 aromatic heterocycles. The van der Waals surface area contributed by atoms with Crippen LogP contribution in [0, 0.1) is 12.7 Å². The van der Waals surface area contributed by atoms with Crippen molar-refractivity contribution in [1.82, 2.24) is 39.0 Å². The second kappa shape index (κ2) is 8.55. The Morgan fingerprint density at radius 3 is 2.51 bits per heavy atom. The first-order valence-corrected chi connectivity index (χ1v) is 11.8. The molecule has 1 fully saturated rings. The summed E-state index contributed by atoms with van der Waals surface area (Å²) in [7, 11) is 0. The summed E-state index contributed by atoms with van der Waals surface area (Å²) in [6.07, 6.45) is 6.45. The number of imidazole rings is 1. The van der Waals surface area contributed by atoms with Crippen molar-refractivity contribution >= 4 is 28.0 Å². The van der Waals surface area contributed by atoms with Crippen LogP contribution in [-0.2, 0) is 0 Å². The van der Waals surface area contributed by atoms with Crippen molar-refractivity contribution in [3.63, 3.8) is 0 Å². The summed E-state index contributed by atoms with van der Waals surface area (Å²) in [6.45, 7) is 4.42. The molecule has 0 spiro atoms. The normalized spacial score (nSPS) is 14.1. The molecule has 1 aromatic carbocycles. The van der Waals surface area contributed by atoms with Gasteiger partial charge in [0.1, 0.15) is 35.5 Å². The lowest BCUT2D eigenvalue weighted by molar-refractivity contribution is 0.0750. The first kappa shape index (κ1) is 21.4. The highest BCUT2D eigenvalue weighted by molar-refractivity contribution is 7.19. The highest BCUT2D eigenvalue weighted by Crippen LogP contribution is 2.28. The molecule has 0 N–H and O–H groups in total. The summed E-state index contributed by atoms with van der Waals surface area (Å²) in [4.78, 5) is 36.0. The van der Waals surface area contributed by atoms with Gasteiger partial charge in [0.05, 0.1) is 5.69 Å². The molecule has 12 heteroatoms. The van der Waals surface area contributed by atoms with Crippen molar-refractivity contribution < 1.29 is 9.18 Å². The lowest BCUT2D eigenvalue weighted by Gasteiger charge is -2.35. The molecule has 0 aliphatic carbocycles. The number of fused-ring (bicyclic) bond motifs is 1. The zero-order valence-corrected chi connectivity index (χ0v) is 19.6. The molecule has 5 aromatic rings. The van der Waals surface area contributed by atoms with Crippen LogP contribution in [0.5, 0.6) is 0 Å². The number of benzene rings is 1. The molecule has 10 nitrogen and oxygen atoms in total. The summed E-state index contributed by atoms with van der Waals surface area (Å²) in [5.74, 6) is 1.15. The van der Waals surface area contributed by atoms with Crippen LogP contribution in [-0.4, -0.2) is 71.1 Å². The number of carbonyl (C=O) groups is 1. The summed E-state index contributed by atoms with van der Waals surface area (Å²) in [5.41, 5.74) is 2.44. The van der Waals surface area contributed by atoms with Gasteiger partial charge in [0.25, 0.3) is 5.91 Å². The average molecular weight is 490 g/mol. The maximum Gasteiger partial charge on any atom is 0.265 e. The third-order valence-electron chi connectivity index (χ3n) is 6.07. The fourth-order valence-corrected chi connectivity index (χ4v) is 5.23. The number of hydrogen-bond acceptors (Lipinski definition) is 8. The first-order valence-electron chi connectivity index (χ1n) is 11.0. The van der Waals surface area contributed by atoms with E-state index in [1.807, 2.05) is 28.5 Å². The molecule has 1 saturated heterocycles. The second-order valence-electron chi connectivity index (χ2n) is 8.16. The second-order valence-corrected chi connectivity index (χ2v) is 9.13. The Kier molecular flexibility index (Phi) is 5.21. The minimum atomic E-state index is -0.283. The monoisotopic (exact) mass is 489 g/mol. The van der Waals surface area contributed by atoms with Crippen LogP contribution < -0.4 is 4.90 Å². The number of aryl methyl sites for hydroxylation is 1. The van der Waals surface area contributed by atoms with Crippen LogP contribution in [0.1, 0.15) is 15.4 Å². The van der Waals surface area contributed by atoms with E-state index in [2.05, 4.69) is 29.9 Å². The zero-order valence-electron chi connectivity index (χ0n) is 18.7. The number of aromatic nitrogens is 7. The molecular weight excluding hydrogens is 469 g/mol. The minimum Gasteiger partial charge on any atom is -0.353 e. The van der Waals surface area contributed by atoms with Gasteiger partial charge in [0.2, 0.25) is 0 Å². The van der Waals surface area contributed by atoms with Crippen LogP contribution in [0.3, 0.4) is 0 Å². The number of piperazine rings is 1. The molecular formula is C23H20FN9OS. The summed E-state index contributed by atoms with van der Waals surface area (Å²) in [5, 5.41) is 4.11. The number of rotatable bonds is 4. The molecule has 0 unspecified atom stereocenters. The Bertz CT molecular complexity index is 1500. The fraction of sp³-hybridized carbons (Fsp3) is 0.217. The van der Waals surface area contributed by atoms with Gasteiger partial charge in [-0.05, 0) is 31.2 Å². The van der Waals surface area contributed by atoms with Gasteiger partial charge in [-0.3, -0.25) is 9.20 Å². The van der Waals surface area contributed by atoms with E-state index in [0.717, 1.165) is 27.7 Å². The molecule has 1 aliphatic rings. The molecule has 1 amide bonds. The highest BCUT2D eigenvalue weighted by atomic mass is 32.1. The summed E-state index contributed by atoms with van der Waals surface area (Å²) >= 11 is 1.38. The molecule has 6 rings (SSSR count). The van der Waals surface area contributed by atoms with Gasteiger partial charge in [0, 0.05) is 49.7 Å². The standard InChI is InChI=1S/C23H20FN9OS/c1-15-21(35-23-29-18(11-32(15)23)16-2-4-17(24)5-3-16)22(34)31-8-6-30(7-9-31)19-10-20(27-13-26-19)33-14-25-12-28-33/h2-5,10-14H,6-9H2,1H3. The molecule has 5 heterocycles. The number of anilines is 1. The number of thiazole rings is 1. The van der Waals surface area contributed by atoms with Crippen molar-refractivity contribution in [1.29, 1.82) is 0 Å². The Morgan fingerprint density at radius 1 is 1.03 bits per heavy atom. The Labute approximate surface area is 203 Å². The smallest absolute Gasteiger partial charge is 0.265 e. The SMILES string of the molecule is Cc1c(C(=O)N2CCN(c3cc(-n4cncn4)ncn3)CC2)sc2nc(-c3ccc(F)cc3)cn12.